The molecule has 0 fully saturated rings. The third-order valence-corrected chi connectivity index (χ3v) is 5.93. The van der Waals surface area contributed by atoms with E-state index >= 15 is 0 Å². The highest BCUT2D eigenvalue weighted by Crippen LogP contribution is 2.27. The van der Waals surface area contributed by atoms with Crippen LogP contribution in [0.5, 0.6) is 0 Å². The Kier molecular flexibility index (Phi) is 17.3. The molecule has 0 heterocycles. The Labute approximate surface area is 205 Å². The van der Waals surface area contributed by atoms with E-state index in [2.05, 4.69) is 70.8 Å². The van der Waals surface area contributed by atoms with Crippen molar-refractivity contribution in [2.45, 2.75) is 113 Å². The van der Waals surface area contributed by atoms with Gasteiger partial charge >= 0.3 is 0 Å². The normalized spacial score (nSPS) is 14.3. The molecule has 0 saturated carbocycles. The van der Waals surface area contributed by atoms with E-state index in [1.807, 2.05) is 13.8 Å². The maximum absolute atomic E-state index is 14.5. The van der Waals surface area contributed by atoms with E-state index in [4.69, 9.17) is 4.74 Å². The smallest absolute Gasteiger partial charge is 0.0991 e. The molecule has 0 aliphatic heterocycles. The van der Waals surface area contributed by atoms with Crippen LogP contribution in [0.1, 0.15) is 113 Å². The maximum Gasteiger partial charge on any atom is 0.0991 e. The molecule has 0 aromatic heterocycles. The lowest BCUT2D eigenvalue weighted by atomic mass is 9.85. The van der Waals surface area contributed by atoms with Gasteiger partial charge in [0.15, 0.2) is 0 Å². The first kappa shape index (κ1) is 31.0. The summed E-state index contributed by atoms with van der Waals surface area (Å²) in [6.07, 6.45) is 19.7. The fourth-order valence-corrected chi connectivity index (χ4v) is 3.36. The number of methoxy groups -OCH3 is 1. The van der Waals surface area contributed by atoms with Crippen LogP contribution in [0.2, 0.25) is 0 Å². The van der Waals surface area contributed by atoms with E-state index in [1.54, 1.807) is 13.4 Å². The summed E-state index contributed by atoms with van der Waals surface area (Å²) in [4.78, 5) is 0. The molecule has 0 radical (unpaired) electrons. The number of hydrogen-bond donors (Lipinski definition) is 0. The molecule has 0 unspecified atom stereocenters. The molecule has 0 saturated heterocycles. The average molecular weight is 457 g/mol. The molecule has 33 heavy (non-hydrogen) atoms. The van der Waals surface area contributed by atoms with Gasteiger partial charge in [0.1, 0.15) is 0 Å². The quantitative estimate of drug-likeness (QED) is 0.127. The van der Waals surface area contributed by atoms with Crippen molar-refractivity contribution < 1.29 is 9.13 Å². The summed E-state index contributed by atoms with van der Waals surface area (Å²) in [5.74, 6) is 6.22. The van der Waals surface area contributed by atoms with Crippen molar-refractivity contribution in [1.82, 2.24) is 0 Å². The Bertz CT molecular complexity index is 762. The summed E-state index contributed by atoms with van der Waals surface area (Å²) >= 11 is 0. The molecule has 0 spiro atoms. The lowest BCUT2D eigenvalue weighted by Crippen LogP contribution is -2.08. The van der Waals surface area contributed by atoms with Gasteiger partial charge in [-0.3, -0.25) is 0 Å². The van der Waals surface area contributed by atoms with Crippen molar-refractivity contribution >= 4 is 0 Å². The fraction of sp³-hybridized carbons (Fsp3) is 0.613. The van der Waals surface area contributed by atoms with Gasteiger partial charge in [-0.2, -0.15) is 0 Å². The SMILES string of the molecule is CC#CCC(C)(C)C/C=C(\C)CC/C(C)=C(\F)CC/C=C(\C)CC/C=C(\C)CC/C=C\OC. The average Bonchev–Trinajstić information content (AvgIpc) is 2.77. The molecule has 0 rings (SSSR count). The van der Waals surface area contributed by atoms with Crippen LogP contribution in [0.25, 0.3) is 0 Å². The molecule has 0 bridgehead atoms. The first-order valence-corrected chi connectivity index (χ1v) is 12.5. The zero-order valence-electron chi connectivity index (χ0n) is 22.7. The van der Waals surface area contributed by atoms with Crippen molar-refractivity contribution in [1.29, 1.82) is 0 Å². The van der Waals surface area contributed by atoms with Gasteiger partial charge < -0.3 is 4.74 Å². The molecule has 0 aromatic rings. The minimum Gasteiger partial charge on any atom is -0.505 e. The van der Waals surface area contributed by atoms with Gasteiger partial charge in [0.2, 0.25) is 0 Å². The van der Waals surface area contributed by atoms with Crippen molar-refractivity contribution in [3.8, 4) is 11.8 Å². The molecular formula is C31H49FO. The highest BCUT2D eigenvalue weighted by Gasteiger charge is 2.14. The second-order valence-electron chi connectivity index (χ2n) is 10.0. The van der Waals surface area contributed by atoms with E-state index in [1.165, 1.54) is 16.7 Å². The third-order valence-electron chi connectivity index (χ3n) is 5.93. The minimum absolute atomic E-state index is 0.0604. The highest BCUT2D eigenvalue weighted by molar-refractivity contribution is 5.11. The molecule has 0 amide bonds. The van der Waals surface area contributed by atoms with E-state index < -0.39 is 0 Å². The Morgan fingerprint density at radius 3 is 2.00 bits per heavy atom. The third kappa shape index (κ3) is 18.1. The number of allylic oxidation sites excluding steroid dienone is 9. The molecule has 1 nitrogen and oxygen atoms in total. The van der Waals surface area contributed by atoms with Gasteiger partial charge in [0.05, 0.1) is 19.2 Å². The Morgan fingerprint density at radius 1 is 0.818 bits per heavy atom. The Balaban J connectivity index is 4.37. The molecule has 0 aromatic carbocycles. The molecule has 0 atom stereocenters. The summed E-state index contributed by atoms with van der Waals surface area (Å²) in [7, 11) is 1.67. The largest absolute Gasteiger partial charge is 0.505 e. The van der Waals surface area contributed by atoms with Crippen LogP contribution < -0.4 is 0 Å². The summed E-state index contributed by atoms with van der Waals surface area (Å²) in [6.45, 7) is 14.8. The van der Waals surface area contributed by atoms with Crippen LogP contribution >= 0.6 is 0 Å². The Hall–Kier alpha value is -2.01. The van der Waals surface area contributed by atoms with E-state index in [0.29, 0.717) is 6.42 Å². The van der Waals surface area contributed by atoms with Crippen molar-refractivity contribution in [3.05, 3.63) is 58.7 Å². The zero-order valence-corrected chi connectivity index (χ0v) is 22.7. The minimum atomic E-state index is 0.0604. The van der Waals surface area contributed by atoms with Gasteiger partial charge in [-0.25, -0.2) is 4.39 Å². The number of halogens is 1. The van der Waals surface area contributed by atoms with Gasteiger partial charge in [-0.05, 0) is 103 Å². The molecular weight excluding hydrogens is 407 g/mol. The predicted octanol–water partition coefficient (Wildman–Crippen LogP) is 10.2. The number of rotatable bonds is 16. The summed E-state index contributed by atoms with van der Waals surface area (Å²) in [5, 5.41) is 0. The Morgan fingerprint density at radius 2 is 1.39 bits per heavy atom. The van der Waals surface area contributed by atoms with Crippen LogP contribution in [0, 0.1) is 17.3 Å². The van der Waals surface area contributed by atoms with Crippen LogP contribution in [-0.4, -0.2) is 7.11 Å². The van der Waals surface area contributed by atoms with E-state index in [9.17, 15) is 4.39 Å². The molecule has 186 valence electrons. The second-order valence-corrected chi connectivity index (χ2v) is 10.0. The van der Waals surface area contributed by atoms with E-state index in [0.717, 1.165) is 63.4 Å². The monoisotopic (exact) mass is 456 g/mol. The van der Waals surface area contributed by atoms with Gasteiger partial charge in [0.25, 0.3) is 0 Å². The first-order valence-electron chi connectivity index (χ1n) is 12.5. The van der Waals surface area contributed by atoms with Crippen LogP contribution in [0.15, 0.2) is 58.7 Å². The van der Waals surface area contributed by atoms with Crippen molar-refractivity contribution in [3.63, 3.8) is 0 Å². The van der Waals surface area contributed by atoms with Crippen molar-refractivity contribution in [2.75, 3.05) is 7.11 Å². The molecule has 0 aliphatic carbocycles. The summed E-state index contributed by atoms with van der Waals surface area (Å²) in [5.41, 5.74) is 5.19. The standard InChI is InChI=1S/C31H49FO/c1-9-10-23-31(6,7)24-22-28(4)20-21-29(5)30(32)19-14-18-27(3)17-13-16-26(2)15-11-12-25-33-8/h12,16,18,22,25H,11,13-15,17,19-21,23-24H2,1-8H3/b25-12-,26-16+,27-18+,28-22+,30-29-. The van der Waals surface area contributed by atoms with Crippen molar-refractivity contribution in [2.24, 2.45) is 5.41 Å². The van der Waals surface area contributed by atoms with Crippen LogP contribution in [0.4, 0.5) is 4.39 Å². The molecule has 2 heteroatoms. The van der Waals surface area contributed by atoms with Gasteiger partial charge in [-0.1, -0.05) is 48.8 Å². The molecule has 0 aliphatic rings. The van der Waals surface area contributed by atoms with Crippen LogP contribution in [-0.2, 0) is 4.74 Å². The number of hydrogen-bond acceptors (Lipinski definition) is 1. The lowest BCUT2D eigenvalue weighted by molar-refractivity contribution is 0.336. The summed E-state index contributed by atoms with van der Waals surface area (Å²) in [6, 6.07) is 0. The predicted molar refractivity (Wildman–Crippen MR) is 145 cm³/mol. The van der Waals surface area contributed by atoms with E-state index in [-0.39, 0.29) is 11.2 Å². The second kappa shape index (κ2) is 18.4. The zero-order chi connectivity index (χ0) is 25.1. The topological polar surface area (TPSA) is 9.23 Å². The maximum atomic E-state index is 14.5. The first-order chi connectivity index (χ1) is 15.6. The fourth-order valence-electron chi connectivity index (χ4n) is 3.36. The number of ether oxygens (including phenoxy) is 1. The lowest BCUT2D eigenvalue weighted by Gasteiger charge is -2.20. The van der Waals surface area contributed by atoms with Gasteiger partial charge in [-0.15, -0.1) is 11.8 Å². The van der Waals surface area contributed by atoms with Crippen LogP contribution in [0.3, 0.4) is 0 Å². The summed E-state index contributed by atoms with van der Waals surface area (Å²) < 4.78 is 19.5. The highest BCUT2D eigenvalue weighted by atomic mass is 19.1. The molecule has 0 N–H and O–H groups in total. The van der Waals surface area contributed by atoms with Gasteiger partial charge in [0, 0.05) is 12.8 Å².